The van der Waals surface area contributed by atoms with Gasteiger partial charge in [-0.2, -0.15) is 0 Å². The highest BCUT2D eigenvalue weighted by atomic mass is 35.5. The third kappa shape index (κ3) is 5.08. The molecule has 2 unspecified atom stereocenters. The number of aliphatic hydroxyl groups excluding tert-OH is 1. The molecule has 0 saturated carbocycles. The van der Waals surface area contributed by atoms with E-state index in [1.807, 2.05) is 62.4 Å². The molecule has 24 heavy (non-hydrogen) atoms. The van der Waals surface area contributed by atoms with Crippen molar-refractivity contribution in [2.75, 3.05) is 0 Å². The van der Waals surface area contributed by atoms with Crippen LogP contribution in [0.3, 0.4) is 0 Å². The third-order valence-corrected chi connectivity index (χ3v) is 4.34. The lowest BCUT2D eigenvalue weighted by atomic mass is 9.89. The van der Waals surface area contributed by atoms with Gasteiger partial charge < -0.3 is 10.2 Å². The molecule has 128 valence electrons. The maximum atomic E-state index is 11.3. The first-order valence-electron chi connectivity index (χ1n) is 8.13. The van der Waals surface area contributed by atoms with Crippen LogP contribution in [0.25, 0.3) is 11.1 Å². The predicted octanol–water partition coefficient (Wildman–Crippen LogP) is 5.18. The van der Waals surface area contributed by atoms with Crippen molar-refractivity contribution in [1.29, 1.82) is 0 Å². The number of hydrogen-bond acceptors (Lipinski definition) is 2. The van der Waals surface area contributed by atoms with Gasteiger partial charge in [-0.3, -0.25) is 4.79 Å². The number of halogens is 1. The molecule has 2 aromatic carbocycles. The predicted molar refractivity (Wildman–Crippen MR) is 97.0 cm³/mol. The first-order chi connectivity index (χ1) is 11.4. The molecule has 3 nitrogen and oxygen atoms in total. The number of rotatable bonds is 7. The third-order valence-electron chi connectivity index (χ3n) is 4.09. The lowest BCUT2D eigenvalue weighted by Crippen LogP contribution is -2.19. The van der Waals surface area contributed by atoms with E-state index in [0.717, 1.165) is 16.7 Å². The molecule has 2 atom stereocenters. The van der Waals surface area contributed by atoms with Gasteiger partial charge in [0.05, 0.1) is 12.0 Å². The van der Waals surface area contributed by atoms with Gasteiger partial charge >= 0.3 is 5.97 Å². The van der Waals surface area contributed by atoms with Crippen LogP contribution in [-0.4, -0.2) is 16.2 Å². The second-order valence-corrected chi connectivity index (χ2v) is 6.98. The summed E-state index contributed by atoms with van der Waals surface area (Å²) < 4.78 is 0. The Kier molecular flexibility index (Phi) is 6.41. The van der Waals surface area contributed by atoms with Gasteiger partial charge in [-0.1, -0.05) is 61.8 Å². The minimum absolute atomic E-state index is 0.230. The summed E-state index contributed by atoms with van der Waals surface area (Å²) in [7, 11) is 0. The zero-order chi connectivity index (χ0) is 17.7. The fourth-order valence-corrected chi connectivity index (χ4v) is 2.94. The van der Waals surface area contributed by atoms with Gasteiger partial charge in [0.1, 0.15) is 0 Å². The quantitative estimate of drug-likeness (QED) is 0.726. The molecule has 2 N–H and O–H groups in total. The summed E-state index contributed by atoms with van der Waals surface area (Å²) >= 11 is 5.89. The summed E-state index contributed by atoms with van der Waals surface area (Å²) in [6.07, 6.45) is 0.0207. The average molecular weight is 347 g/mol. The average Bonchev–Trinajstić information content (AvgIpc) is 2.54. The Hall–Kier alpha value is -1.84. The van der Waals surface area contributed by atoms with Crippen molar-refractivity contribution < 1.29 is 15.0 Å². The SMILES string of the molecule is CC(C)CC(CC(O)c1ccc(-c2ccc(Cl)cc2)cc1)C(=O)O. The first kappa shape index (κ1) is 18.5. The van der Waals surface area contributed by atoms with Crippen LogP contribution in [0.5, 0.6) is 0 Å². The number of aliphatic hydroxyl groups is 1. The van der Waals surface area contributed by atoms with Crippen molar-refractivity contribution in [2.45, 2.75) is 32.8 Å². The number of carbonyl (C=O) groups is 1. The molecule has 0 fully saturated rings. The van der Waals surface area contributed by atoms with Crippen LogP contribution in [0, 0.1) is 11.8 Å². The lowest BCUT2D eigenvalue weighted by Gasteiger charge is -2.19. The Morgan fingerprint density at radius 2 is 1.46 bits per heavy atom. The Morgan fingerprint density at radius 1 is 0.958 bits per heavy atom. The van der Waals surface area contributed by atoms with Crippen molar-refractivity contribution in [3.05, 3.63) is 59.1 Å². The van der Waals surface area contributed by atoms with Gasteiger partial charge in [-0.25, -0.2) is 0 Å². The smallest absolute Gasteiger partial charge is 0.306 e. The molecule has 0 aliphatic rings. The highest BCUT2D eigenvalue weighted by molar-refractivity contribution is 6.30. The largest absolute Gasteiger partial charge is 0.481 e. The van der Waals surface area contributed by atoms with Crippen molar-refractivity contribution >= 4 is 17.6 Å². The van der Waals surface area contributed by atoms with Crippen LogP contribution in [0.1, 0.15) is 38.4 Å². The molecule has 0 heterocycles. The Balaban J connectivity index is 2.08. The highest BCUT2D eigenvalue weighted by Gasteiger charge is 2.23. The van der Waals surface area contributed by atoms with Crippen molar-refractivity contribution in [3.8, 4) is 11.1 Å². The van der Waals surface area contributed by atoms with E-state index in [0.29, 0.717) is 11.4 Å². The zero-order valence-electron chi connectivity index (χ0n) is 13.9. The molecule has 0 saturated heterocycles. The summed E-state index contributed by atoms with van der Waals surface area (Å²) in [5.41, 5.74) is 2.81. The van der Waals surface area contributed by atoms with Crippen LogP contribution in [-0.2, 0) is 4.79 Å². The summed E-state index contributed by atoms with van der Waals surface area (Å²) in [6.45, 7) is 3.98. The zero-order valence-corrected chi connectivity index (χ0v) is 14.7. The molecule has 2 aromatic rings. The van der Waals surface area contributed by atoms with E-state index >= 15 is 0 Å². The van der Waals surface area contributed by atoms with Crippen LogP contribution >= 0.6 is 11.6 Å². The van der Waals surface area contributed by atoms with Gasteiger partial charge in [0.15, 0.2) is 0 Å². The second-order valence-electron chi connectivity index (χ2n) is 6.55. The van der Waals surface area contributed by atoms with Gasteiger partial charge in [-0.15, -0.1) is 0 Å². The fourth-order valence-electron chi connectivity index (χ4n) is 2.81. The molecule has 2 rings (SSSR count). The monoisotopic (exact) mass is 346 g/mol. The molecule has 0 spiro atoms. The summed E-state index contributed by atoms with van der Waals surface area (Å²) in [6, 6.07) is 15.1. The van der Waals surface area contributed by atoms with E-state index in [1.165, 1.54) is 0 Å². The summed E-state index contributed by atoms with van der Waals surface area (Å²) in [5, 5.41) is 20.4. The number of aliphatic carboxylic acids is 1. The number of hydrogen-bond donors (Lipinski definition) is 2. The maximum absolute atomic E-state index is 11.3. The first-order valence-corrected chi connectivity index (χ1v) is 8.51. The maximum Gasteiger partial charge on any atom is 0.306 e. The minimum atomic E-state index is -0.847. The molecular formula is C20H23ClO3. The van der Waals surface area contributed by atoms with E-state index in [-0.39, 0.29) is 12.3 Å². The molecule has 0 aliphatic heterocycles. The van der Waals surface area contributed by atoms with Crippen LogP contribution in [0.15, 0.2) is 48.5 Å². The van der Waals surface area contributed by atoms with Crippen LogP contribution < -0.4 is 0 Å². The molecule has 0 amide bonds. The molecule has 0 radical (unpaired) electrons. The molecular weight excluding hydrogens is 324 g/mol. The molecule has 0 bridgehead atoms. The summed E-state index contributed by atoms with van der Waals surface area (Å²) in [5.74, 6) is -1.10. The van der Waals surface area contributed by atoms with Gasteiger partial charge in [0, 0.05) is 5.02 Å². The van der Waals surface area contributed by atoms with E-state index in [2.05, 4.69) is 0 Å². The van der Waals surface area contributed by atoms with Crippen molar-refractivity contribution in [2.24, 2.45) is 11.8 Å². The van der Waals surface area contributed by atoms with Crippen molar-refractivity contribution in [1.82, 2.24) is 0 Å². The van der Waals surface area contributed by atoms with Gasteiger partial charge in [0.25, 0.3) is 0 Å². The molecule has 0 aliphatic carbocycles. The normalized spacial score (nSPS) is 13.7. The topological polar surface area (TPSA) is 57.5 Å². The number of benzene rings is 2. The van der Waals surface area contributed by atoms with Crippen LogP contribution in [0.4, 0.5) is 0 Å². The highest BCUT2D eigenvalue weighted by Crippen LogP contribution is 2.28. The minimum Gasteiger partial charge on any atom is -0.481 e. The molecule has 0 aromatic heterocycles. The summed E-state index contributed by atoms with van der Waals surface area (Å²) in [4.78, 5) is 11.3. The number of carboxylic acids is 1. The van der Waals surface area contributed by atoms with E-state index in [4.69, 9.17) is 11.6 Å². The fraction of sp³-hybridized carbons (Fsp3) is 0.350. The second kappa shape index (κ2) is 8.32. The van der Waals surface area contributed by atoms with E-state index < -0.39 is 18.0 Å². The Bertz CT molecular complexity index is 662. The van der Waals surface area contributed by atoms with Gasteiger partial charge in [-0.05, 0) is 47.6 Å². The van der Waals surface area contributed by atoms with Crippen molar-refractivity contribution in [3.63, 3.8) is 0 Å². The standard InChI is InChI=1S/C20H23ClO3/c1-13(2)11-17(20(23)24)12-19(22)16-5-3-14(4-6-16)15-7-9-18(21)10-8-15/h3-10,13,17,19,22H,11-12H2,1-2H3,(H,23,24). The van der Waals surface area contributed by atoms with Gasteiger partial charge in [0.2, 0.25) is 0 Å². The van der Waals surface area contributed by atoms with E-state index in [1.54, 1.807) is 0 Å². The number of carboxylic acid groups (broad SMARTS) is 1. The molecule has 4 heteroatoms. The van der Waals surface area contributed by atoms with Crippen LogP contribution in [0.2, 0.25) is 5.02 Å². The Labute approximate surface area is 147 Å². The van der Waals surface area contributed by atoms with E-state index in [9.17, 15) is 15.0 Å². The Morgan fingerprint density at radius 3 is 1.92 bits per heavy atom. The lowest BCUT2D eigenvalue weighted by molar-refractivity contribution is -0.143.